The van der Waals surface area contributed by atoms with E-state index in [1.54, 1.807) is 0 Å². The van der Waals surface area contributed by atoms with Crippen LogP contribution in [0.2, 0.25) is 0 Å². The molecule has 1 atom stereocenters. The summed E-state index contributed by atoms with van der Waals surface area (Å²) in [7, 11) is 0. The molecule has 0 aliphatic heterocycles. The second-order valence-electron chi connectivity index (χ2n) is 4.57. The van der Waals surface area contributed by atoms with E-state index < -0.39 is 0 Å². The summed E-state index contributed by atoms with van der Waals surface area (Å²) in [5, 5.41) is 0. The van der Waals surface area contributed by atoms with Gasteiger partial charge in [-0.3, -0.25) is 0 Å². The third kappa shape index (κ3) is 3.81. The standard InChI is InChI=1S/C12H23NO/c1-4-14-12-7-10(8-12)6-11(13)5-9(2)3/h10-12H,2,4-8,13H2,1,3H3. The van der Waals surface area contributed by atoms with Crippen LogP contribution in [0.3, 0.4) is 0 Å². The van der Waals surface area contributed by atoms with Gasteiger partial charge in [-0.25, -0.2) is 0 Å². The Bertz CT molecular complexity index is 185. The fourth-order valence-electron chi connectivity index (χ4n) is 2.20. The normalized spacial score (nSPS) is 28.2. The van der Waals surface area contributed by atoms with E-state index in [4.69, 9.17) is 10.5 Å². The molecule has 1 rings (SSSR count). The largest absolute Gasteiger partial charge is 0.378 e. The van der Waals surface area contributed by atoms with Gasteiger partial charge in [0.2, 0.25) is 0 Å². The first kappa shape index (κ1) is 11.7. The molecule has 0 aromatic rings. The van der Waals surface area contributed by atoms with Gasteiger partial charge in [0.05, 0.1) is 6.10 Å². The van der Waals surface area contributed by atoms with Gasteiger partial charge in [0.15, 0.2) is 0 Å². The van der Waals surface area contributed by atoms with Crippen molar-refractivity contribution in [3.05, 3.63) is 12.2 Å². The molecule has 82 valence electrons. The first-order valence-corrected chi connectivity index (χ1v) is 5.63. The molecule has 0 saturated heterocycles. The van der Waals surface area contributed by atoms with Crippen molar-refractivity contribution in [1.29, 1.82) is 0 Å². The van der Waals surface area contributed by atoms with Crippen LogP contribution in [0.4, 0.5) is 0 Å². The van der Waals surface area contributed by atoms with Crippen LogP contribution in [-0.4, -0.2) is 18.8 Å². The smallest absolute Gasteiger partial charge is 0.0580 e. The van der Waals surface area contributed by atoms with Crippen molar-refractivity contribution in [3.63, 3.8) is 0 Å². The van der Waals surface area contributed by atoms with Crippen molar-refractivity contribution in [2.45, 2.75) is 51.7 Å². The predicted molar refractivity (Wildman–Crippen MR) is 60.2 cm³/mol. The third-order valence-electron chi connectivity index (χ3n) is 2.84. The fourth-order valence-corrected chi connectivity index (χ4v) is 2.20. The Kier molecular flexibility index (Phi) is 4.63. The van der Waals surface area contributed by atoms with Crippen LogP contribution in [0, 0.1) is 5.92 Å². The summed E-state index contributed by atoms with van der Waals surface area (Å²) in [5.74, 6) is 0.792. The Morgan fingerprint density at radius 2 is 2.21 bits per heavy atom. The van der Waals surface area contributed by atoms with E-state index in [-0.39, 0.29) is 0 Å². The van der Waals surface area contributed by atoms with Crippen LogP contribution in [0.1, 0.15) is 39.5 Å². The lowest BCUT2D eigenvalue weighted by atomic mass is 9.77. The van der Waals surface area contributed by atoms with Crippen molar-refractivity contribution in [2.75, 3.05) is 6.61 Å². The quantitative estimate of drug-likeness (QED) is 0.664. The second-order valence-corrected chi connectivity index (χ2v) is 4.57. The second kappa shape index (κ2) is 5.52. The minimum atomic E-state index is 0.306. The highest BCUT2D eigenvalue weighted by atomic mass is 16.5. The lowest BCUT2D eigenvalue weighted by molar-refractivity contribution is -0.0280. The minimum absolute atomic E-state index is 0.306. The molecule has 14 heavy (non-hydrogen) atoms. The minimum Gasteiger partial charge on any atom is -0.378 e. The van der Waals surface area contributed by atoms with Crippen LogP contribution < -0.4 is 5.73 Å². The van der Waals surface area contributed by atoms with Gasteiger partial charge in [-0.05, 0) is 45.4 Å². The predicted octanol–water partition coefficient (Wildman–Crippen LogP) is 2.49. The summed E-state index contributed by atoms with van der Waals surface area (Å²) in [5.41, 5.74) is 7.20. The summed E-state index contributed by atoms with van der Waals surface area (Å²) >= 11 is 0. The molecular weight excluding hydrogens is 174 g/mol. The highest BCUT2D eigenvalue weighted by Gasteiger charge is 2.30. The molecule has 1 unspecified atom stereocenters. The summed E-state index contributed by atoms with van der Waals surface area (Å²) in [6, 6.07) is 0.306. The van der Waals surface area contributed by atoms with Gasteiger partial charge in [-0.15, -0.1) is 6.58 Å². The molecule has 2 nitrogen and oxygen atoms in total. The van der Waals surface area contributed by atoms with Gasteiger partial charge in [0.25, 0.3) is 0 Å². The average molecular weight is 197 g/mol. The van der Waals surface area contributed by atoms with Crippen LogP contribution in [0.5, 0.6) is 0 Å². The zero-order valence-electron chi connectivity index (χ0n) is 9.46. The first-order valence-electron chi connectivity index (χ1n) is 5.63. The third-order valence-corrected chi connectivity index (χ3v) is 2.84. The van der Waals surface area contributed by atoms with E-state index in [0.29, 0.717) is 12.1 Å². The highest BCUT2D eigenvalue weighted by Crippen LogP contribution is 2.33. The number of hydrogen-bond acceptors (Lipinski definition) is 2. The maximum Gasteiger partial charge on any atom is 0.0580 e. The number of rotatable bonds is 6. The summed E-state index contributed by atoms with van der Waals surface area (Å²) in [6.45, 7) is 8.83. The Labute approximate surface area is 87.5 Å². The molecule has 1 aliphatic carbocycles. The molecule has 1 fully saturated rings. The van der Waals surface area contributed by atoms with E-state index in [9.17, 15) is 0 Å². The SMILES string of the molecule is C=C(C)CC(N)CC1CC(OCC)C1. The molecule has 2 N–H and O–H groups in total. The van der Waals surface area contributed by atoms with Gasteiger partial charge in [-0.2, -0.15) is 0 Å². The fraction of sp³-hybridized carbons (Fsp3) is 0.833. The number of hydrogen-bond donors (Lipinski definition) is 1. The number of nitrogens with two attached hydrogens (primary N) is 1. The van der Waals surface area contributed by atoms with Crippen molar-refractivity contribution < 1.29 is 4.74 Å². The Hall–Kier alpha value is -0.340. The number of ether oxygens (including phenoxy) is 1. The van der Waals surface area contributed by atoms with Crippen LogP contribution in [-0.2, 0) is 4.74 Å². The molecular formula is C12H23NO. The Morgan fingerprint density at radius 1 is 1.57 bits per heavy atom. The lowest BCUT2D eigenvalue weighted by Gasteiger charge is -2.36. The zero-order valence-corrected chi connectivity index (χ0v) is 9.46. The van der Waals surface area contributed by atoms with E-state index in [0.717, 1.165) is 25.4 Å². The molecule has 1 aliphatic rings. The summed E-state index contributed by atoms with van der Waals surface area (Å²) in [6.07, 6.45) is 5.03. The summed E-state index contributed by atoms with van der Waals surface area (Å²) in [4.78, 5) is 0. The van der Waals surface area contributed by atoms with Gasteiger partial charge < -0.3 is 10.5 Å². The van der Waals surface area contributed by atoms with Crippen molar-refractivity contribution in [1.82, 2.24) is 0 Å². The maximum absolute atomic E-state index is 6.00. The average Bonchev–Trinajstić information content (AvgIpc) is 1.99. The molecule has 0 radical (unpaired) electrons. The van der Waals surface area contributed by atoms with E-state index >= 15 is 0 Å². The molecule has 0 heterocycles. The Morgan fingerprint density at radius 3 is 2.71 bits per heavy atom. The van der Waals surface area contributed by atoms with Crippen LogP contribution >= 0.6 is 0 Å². The van der Waals surface area contributed by atoms with Crippen molar-refractivity contribution >= 4 is 0 Å². The summed E-state index contributed by atoms with van der Waals surface area (Å²) < 4.78 is 5.51. The van der Waals surface area contributed by atoms with Crippen molar-refractivity contribution in [3.8, 4) is 0 Å². The van der Waals surface area contributed by atoms with E-state index in [2.05, 4.69) is 13.5 Å². The molecule has 2 heteroatoms. The molecule has 0 bridgehead atoms. The lowest BCUT2D eigenvalue weighted by Crippen LogP contribution is -2.35. The van der Waals surface area contributed by atoms with Gasteiger partial charge in [0, 0.05) is 12.6 Å². The molecule has 0 amide bonds. The molecule has 0 aromatic heterocycles. The van der Waals surface area contributed by atoms with Gasteiger partial charge >= 0.3 is 0 Å². The van der Waals surface area contributed by atoms with Crippen molar-refractivity contribution in [2.24, 2.45) is 11.7 Å². The topological polar surface area (TPSA) is 35.2 Å². The highest BCUT2D eigenvalue weighted by molar-refractivity contribution is 4.93. The van der Waals surface area contributed by atoms with Crippen LogP contribution in [0.15, 0.2) is 12.2 Å². The maximum atomic E-state index is 6.00. The molecule has 0 spiro atoms. The molecule has 0 aromatic carbocycles. The van der Waals surface area contributed by atoms with Gasteiger partial charge in [0.1, 0.15) is 0 Å². The van der Waals surface area contributed by atoms with Crippen LogP contribution in [0.25, 0.3) is 0 Å². The molecule has 1 saturated carbocycles. The van der Waals surface area contributed by atoms with Gasteiger partial charge in [-0.1, -0.05) is 5.57 Å². The first-order chi connectivity index (χ1) is 6.61. The monoisotopic (exact) mass is 197 g/mol. The Balaban J connectivity index is 2.07. The zero-order chi connectivity index (χ0) is 10.6. The van der Waals surface area contributed by atoms with E-state index in [1.165, 1.54) is 18.4 Å². The van der Waals surface area contributed by atoms with E-state index in [1.807, 2.05) is 6.92 Å².